The Morgan fingerprint density at radius 1 is 0.896 bits per heavy atom. The number of nitrogens with zero attached hydrogens (tertiary/aromatic N) is 1. The molecule has 4 atom stereocenters. The van der Waals surface area contributed by atoms with Gasteiger partial charge in [-0.05, 0) is 109 Å². The summed E-state index contributed by atoms with van der Waals surface area (Å²) in [6.07, 6.45) is 1.24. The van der Waals surface area contributed by atoms with Crippen LogP contribution in [0.4, 0.5) is 4.79 Å². The van der Waals surface area contributed by atoms with Crippen molar-refractivity contribution in [3.63, 3.8) is 0 Å². The van der Waals surface area contributed by atoms with Crippen LogP contribution < -0.4 is 36.5 Å². The zero-order chi connectivity index (χ0) is 49.6. The van der Waals surface area contributed by atoms with Crippen LogP contribution in [0.3, 0.4) is 0 Å². The van der Waals surface area contributed by atoms with E-state index in [1.165, 1.54) is 10.8 Å². The van der Waals surface area contributed by atoms with Crippen molar-refractivity contribution in [2.45, 2.75) is 128 Å². The maximum Gasteiger partial charge on any atom is 0.419 e. The zero-order valence-corrected chi connectivity index (χ0v) is 40.7. The summed E-state index contributed by atoms with van der Waals surface area (Å²) >= 11 is 4.08. The lowest BCUT2D eigenvalue weighted by Crippen LogP contribution is -2.58. The molecule has 3 amide bonds. The molecule has 1 aromatic heterocycles. The molecular weight excluding hydrogens is 901 g/mol. The van der Waals surface area contributed by atoms with E-state index >= 15 is 0 Å². The van der Waals surface area contributed by atoms with E-state index in [2.05, 4.69) is 38.6 Å². The lowest BCUT2D eigenvalue weighted by molar-refractivity contribution is -0.141. The highest BCUT2D eigenvalue weighted by Gasteiger charge is 2.37. The molecule has 67 heavy (non-hydrogen) atoms. The van der Waals surface area contributed by atoms with Gasteiger partial charge in [0.1, 0.15) is 35.1 Å². The Bertz CT molecular complexity index is 2640. The van der Waals surface area contributed by atoms with Crippen molar-refractivity contribution >= 4 is 69.3 Å². The molecule has 0 saturated carbocycles. The Labute approximate surface area is 396 Å². The van der Waals surface area contributed by atoms with Crippen LogP contribution in [0.15, 0.2) is 65.7 Å². The second-order valence-corrected chi connectivity index (χ2v) is 20.3. The monoisotopic (exact) mass is 962 g/mol. The first-order valence-corrected chi connectivity index (χ1v) is 24.0. The molecule has 0 bridgehead atoms. The quantitative estimate of drug-likeness (QED) is 0.0297. The van der Waals surface area contributed by atoms with Crippen molar-refractivity contribution < 1.29 is 47.0 Å². The first-order chi connectivity index (χ1) is 31.3. The molecule has 3 aromatic carbocycles. The average molecular weight is 963 g/mol. The van der Waals surface area contributed by atoms with Gasteiger partial charge in [0.05, 0.1) is 16.5 Å². The first-order valence-electron chi connectivity index (χ1n) is 21.9. The predicted molar refractivity (Wildman–Crippen MR) is 257 cm³/mol. The molecule has 0 unspecified atom stereocenters. The second kappa shape index (κ2) is 21.2. The minimum Gasteiger partial charge on any atom is -0.487 e. The van der Waals surface area contributed by atoms with E-state index in [-0.39, 0.29) is 42.9 Å². The SMILES string of the molecule is Cc1c(C)c(S(=O)(=O)NC(=N)NCCC[C@H](NC(=O)[C@@H](N)Cc2ccccc2)C(=O)N[C@@H](Cc2cn(C(=O)OC(C)(C)C)c3ccccc23)C(=O)N[C@@H](CS)C(=O)O)c(C)c2c1OC(C)(C)C2. The van der Waals surface area contributed by atoms with E-state index in [9.17, 15) is 37.5 Å². The number of carbonyl (C=O) groups is 5. The molecule has 0 saturated heterocycles. The Balaban J connectivity index is 1.37. The van der Waals surface area contributed by atoms with Gasteiger partial charge in [-0.25, -0.2) is 22.7 Å². The molecule has 0 fully saturated rings. The van der Waals surface area contributed by atoms with Gasteiger partial charge >= 0.3 is 12.1 Å². The number of sulfonamides is 1. The number of carbonyl (C=O) groups excluding carboxylic acids is 4. The largest absolute Gasteiger partial charge is 0.487 e. The fourth-order valence-electron chi connectivity index (χ4n) is 7.93. The van der Waals surface area contributed by atoms with Crippen molar-refractivity contribution in [1.82, 2.24) is 30.6 Å². The minimum atomic E-state index is -4.24. The third-order valence-electron chi connectivity index (χ3n) is 11.3. The zero-order valence-electron chi connectivity index (χ0n) is 39.0. The number of thiol groups is 1. The standard InChI is InChI=1S/C47H62N8O10S2/c1-26-27(2)39(28(3)32-23-47(7,8)64-38(26)32)67(62,63)54-44(49)50-20-14-18-34(51-40(56)33(48)21-29-15-10-9-11-16-29)41(57)52-35(42(58)53-36(25-66)43(59)60)22-30-24-55(45(61)65-46(4,5)6)37-19-13-12-17-31(30)37/h9-13,15-17,19,24,33-36,66H,14,18,20-23,25,48H2,1-8H3,(H,51,56)(H,52,57)(H,53,58)(H,59,60)(H3,49,50,54)/t33-,34-,35-,36-/m0/s1. The number of carboxylic acid groups (broad SMARTS) is 1. The topological polar surface area (TPSA) is 273 Å². The number of aromatic nitrogens is 1. The molecule has 1 aliphatic rings. The van der Waals surface area contributed by atoms with Crippen LogP contribution in [0, 0.1) is 26.2 Å². The Kier molecular flexibility index (Phi) is 16.4. The molecule has 362 valence electrons. The Morgan fingerprint density at radius 3 is 2.15 bits per heavy atom. The van der Waals surface area contributed by atoms with Gasteiger partial charge in [0, 0.05) is 42.3 Å². The molecule has 5 rings (SSSR count). The molecule has 1 aliphatic heterocycles. The number of ether oxygens (including phenoxy) is 2. The van der Waals surface area contributed by atoms with Crippen molar-refractivity contribution in [1.29, 1.82) is 5.41 Å². The van der Waals surface area contributed by atoms with Gasteiger partial charge in [0.25, 0.3) is 10.0 Å². The van der Waals surface area contributed by atoms with Crippen molar-refractivity contribution in [3.8, 4) is 5.75 Å². The fraction of sp³-hybridized carbons (Fsp3) is 0.447. The predicted octanol–water partition coefficient (Wildman–Crippen LogP) is 3.93. The van der Waals surface area contributed by atoms with E-state index in [4.69, 9.17) is 20.6 Å². The molecule has 0 aliphatic carbocycles. The summed E-state index contributed by atoms with van der Waals surface area (Å²) in [6, 6.07) is 10.6. The number of guanidine groups is 1. The lowest BCUT2D eigenvalue weighted by atomic mass is 9.94. The van der Waals surface area contributed by atoms with E-state index in [1.54, 1.807) is 90.1 Å². The van der Waals surface area contributed by atoms with Gasteiger partial charge in [-0.1, -0.05) is 48.5 Å². The van der Waals surface area contributed by atoms with Gasteiger partial charge in [0.2, 0.25) is 23.7 Å². The van der Waals surface area contributed by atoms with Crippen LogP contribution in [-0.2, 0) is 53.2 Å². The number of hydrogen-bond donors (Lipinski definition) is 9. The van der Waals surface area contributed by atoms with Crippen LogP contribution >= 0.6 is 12.6 Å². The highest BCUT2D eigenvalue weighted by molar-refractivity contribution is 7.90. The number of nitrogens with two attached hydrogens (primary N) is 1. The average Bonchev–Trinajstić information content (AvgIpc) is 3.78. The summed E-state index contributed by atoms with van der Waals surface area (Å²) < 4.78 is 42.9. The van der Waals surface area contributed by atoms with Gasteiger partial charge in [-0.2, -0.15) is 12.6 Å². The summed E-state index contributed by atoms with van der Waals surface area (Å²) in [5.41, 5.74) is 9.15. The van der Waals surface area contributed by atoms with Crippen LogP contribution in [0.1, 0.15) is 80.8 Å². The Hall–Kier alpha value is -6.12. The van der Waals surface area contributed by atoms with Gasteiger partial charge in [-0.3, -0.25) is 24.4 Å². The number of hydrogen-bond acceptors (Lipinski definition) is 12. The molecule has 0 spiro atoms. The maximum atomic E-state index is 14.4. The number of benzene rings is 3. The third-order valence-corrected chi connectivity index (χ3v) is 13.3. The van der Waals surface area contributed by atoms with Gasteiger partial charge < -0.3 is 41.6 Å². The molecule has 18 nitrogen and oxygen atoms in total. The van der Waals surface area contributed by atoms with Crippen LogP contribution in [0.2, 0.25) is 0 Å². The minimum absolute atomic E-state index is 0.0311. The van der Waals surface area contributed by atoms with E-state index in [0.29, 0.717) is 45.3 Å². The van der Waals surface area contributed by atoms with E-state index < -0.39 is 81.1 Å². The number of nitrogens with one attached hydrogen (secondary N) is 6. The lowest BCUT2D eigenvalue weighted by Gasteiger charge is -2.25. The first kappa shape index (κ1) is 51.9. The molecular formula is C47H62N8O10S2. The van der Waals surface area contributed by atoms with E-state index in [0.717, 1.165) is 11.1 Å². The highest BCUT2D eigenvalue weighted by atomic mass is 32.2. The second-order valence-electron chi connectivity index (χ2n) is 18.3. The molecule has 4 aromatic rings. The normalized spacial score (nSPS) is 15.0. The Morgan fingerprint density at radius 2 is 1.51 bits per heavy atom. The van der Waals surface area contributed by atoms with Crippen LogP contribution in [0.5, 0.6) is 5.75 Å². The van der Waals surface area contributed by atoms with Gasteiger partial charge in [-0.15, -0.1) is 0 Å². The maximum absolute atomic E-state index is 14.4. The molecule has 20 heteroatoms. The number of fused-ring (bicyclic) bond motifs is 2. The number of amides is 3. The number of rotatable bonds is 18. The summed E-state index contributed by atoms with van der Waals surface area (Å²) in [5, 5.41) is 29.4. The highest BCUT2D eigenvalue weighted by Crippen LogP contribution is 2.43. The van der Waals surface area contributed by atoms with Crippen LogP contribution in [0.25, 0.3) is 10.9 Å². The van der Waals surface area contributed by atoms with Crippen molar-refractivity contribution in [2.24, 2.45) is 5.73 Å². The summed E-state index contributed by atoms with van der Waals surface area (Å²) in [7, 11) is -4.24. The molecule has 0 radical (unpaired) electrons. The van der Waals surface area contributed by atoms with Crippen molar-refractivity contribution in [3.05, 3.63) is 94.2 Å². The van der Waals surface area contributed by atoms with Crippen molar-refractivity contribution in [2.75, 3.05) is 12.3 Å². The van der Waals surface area contributed by atoms with E-state index in [1.807, 2.05) is 19.9 Å². The van der Waals surface area contributed by atoms with Gasteiger partial charge in [0.15, 0.2) is 0 Å². The number of carboxylic acids is 1. The van der Waals surface area contributed by atoms with Crippen LogP contribution in [-0.4, -0.2) is 102 Å². The molecule has 2 heterocycles. The fourth-order valence-corrected chi connectivity index (χ4v) is 9.70. The molecule has 9 N–H and O–H groups in total. The number of aliphatic carboxylic acids is 1. The smallest absolute Gasteiger partial charge is 0.419 e. The summed E-state index contributed by atoms with van der Waals surface area (Å²) in [5.74, 6) is -3.87. The third kappa shape index (κ3) is 13.1. The summed E-state index contributed by atoms with van der Waals surface area (Å²) in [6.45, 7) is 14.2. The number of para-hydroxylation sites is 1. The summed E-state index contributed by atoms with van der Waals surface area (Å²) in [4.78, 5) is 67.3.